The van der Waals surface area contributed by atoms with Crippen LogP contribution in [0.25, 0.3) is 4.48 Å². The Hall–Kier alpha value is -0.480. The van der Waals surface area contributed by atoms with E-state index in [1.165, 1.54) is 0 Å². The average Bonchev–Trinajstić information content (AvgIpc) is 2.48. The first-order valence-corrected chi connectivity index (χ1v) is 4.73. The van der Waals surface area contributed by atoms with E-state index >= 15 is 0 Å². The normalized spacial score (nSPS) is 22.1. The highest BCUT2D eigenvalue weighted by molar-refractivity contribution is 9.15. The Morgan fingerprint density at radius 2 is 2.50 bits per heavy atom. The Morgan fingerprint density at radius 1 is 1.75 bits per heavy atom. The molecule has 3 nitrogen and oxygen atoms in total. The molecule has 1 N–H and O–H groups in total. The second kappa shape index (κ2) is 2.78. The van der Waals surface area contributed by atoms with Gasteiger partial charge in [-0.1, -0.05) is 11.6 Å². The van der Waals surface area contributed by atoms with E-state index in [1.807, 2.05) is 17.7 Å². The topological polar surface area (TPSA) is 29.9 Å². The predicted molar refractivity (Wildman–Crippen MR) is 51.8 cm³/mol. The monoisotopic (exact) mass is 247 g/mol. The van der Waals surface area contributed by atoms with Gasteiger partial charge in [0.1, 0.15) is 0 Å². The van der Waals surface area contributed by atoms with Crippen molar-refractivity contribution < 1.29 is 0 Å². The number of allylic oxidation sites excluding steroid dienone is 1. The zero-order chi connectivity index (χ0) is 8.72. The Labute approximate surface area is 83.6 Å². The Bertz CT molecular complexity index is 344. The number of rotatable bonds is 0. The van der Waals surface area contributed by atoms with Crippen molar-refractivity contribution >= 4 is 32.0 Å². The lowest BCUT2D eigenvalue weighted by Gasteiger charge is -2.23. The second-order valence-corrected chi connectivity index (χ2v) is 3.78. The second-order valence-electron chi connectivity index (χ2n) is 2.58. The van der Waals surface area contributed by atoms with Crippen LogP contribution < -0.4 is 5.32 Å². The van der Waals surface area contributed by atoms with Crippen LogP contribution in [0.3, 0.4) is 0 Å². The number of fused-ring (bicyclic) bond motifs is 1. The van der Waals surface area contributed by atoms with Gasteiger partial charge in [0, 0.05) is 18.1 Å². The van der Waals surface area contributed by atoms with Crippen LogP contribution in [0, 0.1) is 0 Å². The summed E-state index contributed by atoms with van der Waals surface area (Å²) in [6.45, 7) is 1.96. The Balaban J connectivity index is 2.59. The number of imidazole rings is 1. The van der Waals surface area contributed by atoms with E-state index in [2.05, 4.69) is 26.2 Å². The minimum absolute atomic E-state index is 0.233. The molecule has 0 saturated heterocycles. The molecule has 0 unspecified atom stereocenters. The third-order valence-electron chi connectivity index (χ3n) is 1.77. The van der Waals surface area contributed by atoms with Crippen LogP contribution in [0.5, 0.6) is 0 Å². The lowest BCUT2D eigenvalue weighted by Crippen LogP contribution is -2.26. The summed E-state index contributed by atoms with van der Waals surface area (Å²) in [6, 6.07) is 0. The third-order valence-corrected chi connectivity index (χ3v) is 3.04. The fourth-order valence-electron chi connectivity index (χ4n) is 1.15. The maximum atomic E-state index is 6.01. The van der Waals surface area contributed by atoms with Crippen LogP contribution >= 0.6 is 27.5 Å². The van der Waals surface area contributed by atoms with Crippen LogP contribution in [-0.4, -0.2) is 9.55 Å². The molecule has 1 aromatic heterocycles. The molecule has 0 bridgehead atoms. The maximum absolute atomic E-state index is 6.01. The third kappa shape index (κ3) is 1.06. The lowest BCUT2D eigenvalue weighted by molar-refractivity contribution is 0.570. The highest BCUT2D eigenvalue weighted by Crippen LogP contribution is 2.30. The van der Waals surface area contributed by atoms with E-state index < -0.39 is 0 Å². The summed E-state index contributed by atoms with van der Waals surface area (Å²) in [4.78, 5) is 4.17. The molecule has 12 heavy (non-hydrogen) atoms. The first kappa shape index (κ1) is 8.13. The zero-order valence-corrected chi connectivity index (χ0v) is 8.72. The van der Waals surface area contributed by atoms with Crippen LogP contribution in [0.1, 0.15) is 18.4 Å². The molecule has 0 radical (unpaired) electrons. The minimum atomic E-state index is -0.233. The summed E-state index contributed by atoms with van der Waals surface area (Å²) in [5.74, 6) is 0.867. The van der Waals surface area contributed by atoms with Gasteiger partial charge in [0.05, 0.1) is 4.48 Å². The van der Waals surface area contributed by atoms with Crippen molar-refractivity contribution in [2.24, 2.45) is 0 Å². The quantitative estimate of drug-likeness (QED) is 0.564. The fraction of sp³-hybridized carbons (Fsp3) is 0.286. The van der Waals surface area contributed by atoms with Gasteiger partial charge in [0.25, 0.3) is 0 Å². The summed E-state index contributed by atoms with van der Waals surface area (Å²) < 4.78 is 2.82. The number of aromatic nitrogens is 2. The summed E-state index contributed by atoms with van der Waals surface area (Å²) in [6.07, 6.45) is 3.57. The summed E-state index contributed by atoms with van der Waals surface area (Å²) >= 11 is 9.44. The molecule has 5 heteroatoms. The molecule has 0 saturated carbocycles. The van der Waals surface area contributed by atoms with Gasteiger partial charge in [0.15, 0.2) is 11.4 Å². The van der Waals surface area contributed by atoms with Gasteiger partial charge in [-0.2, -0.15) is 0 Å². The molecule has 0 aromatic carbocycles. The van der Waals surface area contributed by atoms with E-state index in [-0.39, 0.29) is 5.62 Å². The number of hydrogen-bond acceptors (Lipinski definition) is 2. The highest BCUT2D eigenvalue weighted by Gasteiger charge is 2.20. The van der Waals surface area contributed by atoms with Crippen molar-refractivity contribution in [1.82, 2.24) is 14.9 Å². The van der Waals surface area contributed by atoms with Crippen LogP contribution in [0.2, 0.25) is 0 Å². The number of alkyl halides is 1. The summed E-state index contributed by atoms with van der Waals surface area (Å²) in [7, 11) is 0. The average molecular weight is 249 g/mol. The molecule has 1 aromatic rings. The van der Waals surface area contributed by atoms with E-state index in [9.17, 15) is 0 Å². The fourth-order valence-corrected chi connectivity index (χ4v) is 1.89. The number of hydrogen-bond donors (Lipinski definition) is 1. The van der Waals surface area contributed by atoms with Crippen molar-refractivity contribution in [3.05, 3.63) is 23.9 Å². The molecule has 2 heterocycles. The zero-order valence-electron chi connectivity index (χ0n) is 6.38. The van der Waals surface area contributed by atoms with E-state index in [0.29, 0.717) is 0 Å². The maximum Gasteiger partial charge on any atom is 0.182 e. The van der Waals surface area contributed by atoms with E-state index in [0.717, 1.165) is 16.0 Å². The first-order valence-electron chi connectivity index (χ1n) is 3.50. The molecule has 1 atom stereocenters. The molecule has 64 valence electrons. The van der Waals surface area contributed by atoms with E-state index in [4.69, 9.17) is 11.6 Å². The Morgan fingerprint density at radius 3 is 3.25 bits per heavy atom. The Kier molecular flexibility index (Phi) is 1.88. The van der Waals surface area contributed by atoms with Gasteiger partial charge in [-0.3, -0.25) is 4.57 Å². The first-order chi connectivity index (χ1) is 5.70. The number of nitrogens with one attached hydrogen (secondary N) is 1. The van der Waals surface area contributed by atoms with Gasteiger partial charge in [-0.25, -0.2) is 4.98 Å². The van der Waals surface area contributed by atoms with Gasteiger partial charge in [-0.15, -0.1) is 0 Å². The minimum Gasteiger partial charge on any atom is -0.355 e. The molecule has 0 aliphatic carbocycles. The smallest absolute Gasteiger partial charge is 0.182 e. The van der Waals surface area contributed by atoms with Crippen LogP contribution in [0.4, 0.5) is 0 Å². The van der Waals surface area contributed by atoms with Crippen molar-refractivity contribution in [1.29, 1.82) is 0 Å². The standard InChI is InChI=1S/C7H7BrClN3/c1-4-5(8)6-10-2-3-12(6)7(9)11-4/h2-3,7,11H,1H3/t7-/m1/s1. The molecule has 1 aliphatic heterocycles. The van der Waals surface area contributed by atoms with Crippen molar-refractivity contribution in [2.45, 2.75) is 12.5 Å². The molecule has 2 rings (SSSR count). The van der Waals surface area contributed by atoms with Gasteiger partial charge in [-0.05, 0) is 22.9 Å². The molecular weight excluding hydrogens is 241 g/mol. The van der Waals surface area contributed by atoms with Crippen LogP contribution in [0.15, 0.2) is 18.1 Å². The van der Waals surface area contributed by atoms with Crippen LogP contribution in [-0.2, 0) is 0 Å². The van der Waals surface area contributed by atoms with Gasteiger partial charge in [0.2, 0.25) is 0 Å². The van der Waals surface area contributed by atoms with Crippen molar-refractivity contribution in [3.63, 3.8) is 0 Å². The van der Waals surface area contributed by atoms with Gasteiger partial charge >= 0.3 is 0 Å². The van der Waals surface area contributed by atoms with Crippen molar-refractivity contribution in [2.75, 3.05) is 0 Å². The summed E-state index contributed by atoms with van der Waals surface area (Å²) in [5, 5.41) is 3.09. The SMILES string of the molecule is CC1=C(Br)c2nccn2[C@H](Cl)N1. The number of halogens is 2. The molecule has 0 fully saturated rings. The summed E-state index contributed by atoms with van der Waals surface area (Å²) in [5.41, 5.74) is 0.775. The number of nitrogens with zero attached hydrogens (tertiary/aromatic N) is 2. The lowest BCUT2D eigenvalue weighted by atomic mass is 10.4. The highest BCUT2D eigenvalue weighted by atomic mass is 79.9. The molecule has 0 spiro atoms. The molecular formula is C7H7BrClN3. The van der Waals surface area contributed by atoms with Gasteiger partial charge < -0.3 is 5.32 Å². The van der Waals surface area contributed by atoms with E-state index in [1.54, 1.807) is 6.20 Å². The van der Waals surface area contributed by atoms with Crippen molar-refractivity contribution in [3.8, 4) is 0 Å². The molecule has 0 amide bonds. The predicted octanol–water partition coefficient (Wildman–Crippen LogP) is 2.26. The largest absolute Gasteiger partial charge is 0.355 e. The molecule has 1 aliphatic rings.